The largest absolute Gasteiger partial charge is 0.367 e. The number of rotatable bonds is 3. The van der Waals surface area contributed by atoms with Gasteiger partial charge in [0.15, 0.2) is 0 Å². The third-order valence-electron chi connectivity index (χ3n) is 3.39. The van der Waals surface area contributed by atoms with Crippen molar-refractivity contribution in [3.8, 4) is 0 Å². The Hall–Kier alpha value is -1.36. The molecule has 0 aliphatic heterocycles. The SMILES string of the molecule is CC1(C)CCCC1Nc1cc(NN)ncn1. The summed E-state index contributed by atoms with van der Waals surface area (Å²) in [7, 11) is 0. The molecule has 2 rings (SSSR count). The molecule has 0 aromatic carbocycles. The van der Waals surface area contributed by atoms with Crippen LogP contribution in [0.1, 0.15) is 33.1 Å². The number of nitrogens with zero attached hydrogens (tertiary/aromatic N) is 2. The zero-order valence-electron chi connectivity index (χ0n) is 9.83. The van der Waals surface area contributed by atoms with Crippen molar-refractivity contribution < 1.29 is 0 Å². The molecule has 16 heavy (non-hydrogen) atoms. The summed E-state index contributed by atoms with van der Waals surface area (Å²) in [6.07, 6.45) is 5.25. The second-order valence-corrected chi connectivity index (χ2v) is 5.01. The smallest absolute Gasteiger partial charge is 0.145 e. The first kappa shape index (κ1) is 11.1. The van der Waals surface area contributed by atoms with Crippen LogP contribution in [-0.2, 0) is 0 Å². The zero-order chi connectivity index (χ0) is 11.6. The predicted octanol–water partition coefficient (Wildman–Crippen LogP) is 1.75. The van der Waals surface area contributed by atoms with E-state index in [0.717, 1.165) is 5.82 Å². The third kappa shape index (κ3) is 2.24. The molecule has 1 atom stereocenters. The van der Waals surface area contributed by atoms with Gasteiger partial charge in [-0.25, -0.2) is 15.8 Å². The van der Waals surface area contributed by atoms with Crippen molar-refractivity contribution in [3.05, 3.63) is 12.4 Å². The minimum atomic E-state index is 0.335. The van der Waals surface area contributed by atoms with Crippen molar-refractivity contribution in [3.63, 3.8) is 0 Å². The van der Waals surface area contributed by atoms with Gasteiger partial charge in [-0.3, -0.25) is 0 Å². The highest BCUT2D eigenvalue weighted by Gasteiger charge is 2.34. The Morgan fingerprint density at radius 3 is 2.75 bits per heavy atom. The summed E-state index contributed by atoms with van der Waals surface area (Å²) in [4.78, 5) is 8.18. The highest BCUT2D eigenvalue weighted by molar-refractivity contribution is 5.46. The van der Waals surface area contributed by atoms with Gasteiger partial charge in [0.2, 0.25) is 0 Å². The Labute approximate surface area is 95.8 Å². The number of hydrogen-bond donors (Lipinski definition) is 3. The van der Waals surface area contributed by atoms with Crippen LogP contribution in [0.25, 0.3) is 0 Å². The van der Waals surface area contributed by atoms with E-state index in [1.807, 2.05) is 6.07 Å². The average molecular weight is 221 g/mol. The Morgan fingerprint density at radius 2 is 2.12 bits per heavy atom. The van der Waals surface area contributed by atoms with Gasteiger partial charge in [-0.2, -0.15) is 0 Å². The molecule has 1 saturated carbocycles. The molecule has 0 radical (unpaired) electrons. The number of anilines is 2. The van der Waals surface area contributed by atoms with Crippen LogP contribution < -0.4 is 16.6 Å². The first-order valence-corrected chi connectivity index (χ1v) is 5.67. The van der Waals surface area contributed by atoms with Gasteiger partial charge in [-0.1, -0.05) is 20.3 Å². The maximum absolute atomic E-state index is 5.31. The van der Waals surface area contributed by atoms with Gasteiger partial charge in [0.25, 0.3) is 0 Å². The lowest BCUT2D eigenvalue weighted by Crippen LogP contribution is -2.31. The van der Waals surface area contributed by atoms with Crippen molar-refractivity contribution in [2.24, 2.45) is 11.3 Å². The summed E-state index contributed by atoms with van der Waals surface area (Å²) < 4.78 is 0. The summed E-state index contributed by atoms with van der Waals surface area (Å²) in [6, 6.07) is 2.31. The summed E-state index contributed by atoms with van der Waals surface area (Å²) in [6.45, 7) is 4.59. The first-order chi connectivity index (χ1) is 7.62. The average Bonchev–Trinajstić information content (AvgIpc) is 2.59. The van der Waals surface area contributed by atoms with Gasteiger partial charge in [0.05, 0.1) is 0 Å². The fraction of sp³-hybridized carbons (Fsp3) is 0.636. The maximum Gasteiger partial charge on any atom is 0.145 e. The minimum Gasteiger partial charge on any atom is -0.367 e. The number of hydrazine groups is 1. The standard InChI is InChI=1S/C11H19N5/c1-11(2)5-3-4-8(11)15-9-6-10(16-12)14-7-13-9/h6-8H,3-5,12H2,1-2H3,(H2,13,14,15,16). The van der Waals surface area contributed by atoms with Crippen molar-refractivity contribution in [2.45, 2.75) is 39.2 Å². The van der Waals surface area contributed by atoms with Gasteiger partial charge in [0.1, 0.15) is 18.0 Å². The van der Waals surface area contributed by atoms with E-state index in [9.17, 15) is 0 Å². The molecule has 0 amide bonds. The number of nitrogens with two attached hydrogens (primary N) is 1. The molecule has 0 saturated heterocycles. The Kier molecular flexibility index (Phi) is 2.96. The van der Waals surface area contributed by atoms with Crippen LogP contribution in [0.4, 0.5) is 11.6 Å². The Morgan fingerprint density at radius 1 is 1.38 bits per heavy atom. The zero-order valence-corrected chi connectivity index (χ0v) is 9.83. The molecule has 1 unspecified atom stereocenters. The molecule has 5 heteroatoms. The third-order valence-corrected chi connectivity index (χ3v) is 3.39. The highest BCUT2D eigenvalue weighted by atomic mass is 15.3. The Balaban J connectivity index is 2.08. The van der Waals surface area contributed by atoms with Crippen LogP contribution in [0, 0.1) is 5.41 Å². The van der Waals surface area contributed by atoms with E-state index in [1.54, 1.807) is 0 Å². The van der Waals surface area contributed by atoms with E-state index in [4.69, 9.17) is 5.84 Å². The highest BCUT2D eigenvalue weighted by Crippen LogP contribution is 2.38. The van der Waals surface area contributed by atoms with Crippen LogP contribution in [0.5, 0.6) is 0 Å². The molecule has 88 valence electrons. The van der Waals surface area contributed by atoms with Crippen molar-refractivity contribution in [2.75, 3.05) is 10.7 Å². The van der Waals surface area contributed by atoms with Crippen LogP contribution in [0.2, 0.25) is 0 Å². The normalized spacial score (nSPS) is 23.1. The molecule has 1 aromatic rings. The second-order valence-electron chi connectivity index (χ2n) is 5.01. The van der Waals surface area contributed by atoms with E-state index < -0.39 is 0 Å². The summed E-state index contributed by atoms with van der Waals surface area (Å²) in [5.74, 6) is 6.78. The molecule has 0 spiro atoms. The van der Waals surface area contributed by atoms with Crippen LogP contribution in [-0.4, -0.2) is 16.0 Å². The second kappa shape index (κ2) is 4.25. The predicted molar refractivity (Wildman–Crippen MR) is 64.9 cm³/mol. The summed E-state index contributed by atoms with van der Waals surface area (Å²) in [5, 5.41) is 3.46. The lowest BCUT2D eigenvalue weighted by molar-refractivity contribution is 0.349. The molecule has 1 fully saturated rings. The minimum absolute atomic E-state index is 0.335. The lowest BCUT2D eigenvalue weighted by atomic mass is 9.87. The van der Waals surface area contributed by atoms with E-state index in [0.29, 0.717) is 17.3 Å². The van der Waals surface area contributed by atoms with Gasteiger partial charge in [0, 0.05) is 12.1 Å². The van der Waals surface area contributed by atoms with Crippen LogP contribution in [0.3, 0.4) is 0 Å². The van der Waals surface area contributed by atoms with Crippen molar-refractivity contribution in [1.82, 2.24) is 9.97 Å². The van der Waals surface area contributed by atoms with E-state index >= 15 is 0 Å². The van der Waals surface area contributed by atoms with Crippen molar-refractivity contribution >= 4 is 11.6 Å². The number of aromatic nitrogens is 2. The van der Waals surface area contributed by atoms with Gasteiger partial charge in [-0.15, -0.1) is 0 Å². The molecule has 5 nitrogen and oxygen atoms in total. The van der Waals surface area contributed by atoms with Gasteiger partial charge < -0.3 is 10.7 Å². The fourth-order valence-corrected chi connectivity index (χ4v) is 2.29. The maximum atomic E-state index is 5.31. The molecular formula is C11H19N5. The molecule has 4 N–H and O–H groups in total. The molecule has 1 aliphatic carbocycles. The fourth-order valence-electron chi connectivity index (χ4n) is 2.29. The number of nitrogen functional groups attached to an aromatic ring is 1. The van der Waals surface area contributed by atoms with E-state index in [2.05, 4.69) is 34.6 Å². The number of hydrogen-bond acceptors (Lipinski definition) is 5. The van der Waals surface area contributed by atoms with E-state index in [1.165, 1.54) is 25.6 Å². The number of nitrogens with one attached hydrogen (secondary N) is 2. The molecule has 1 heterocycles. The lowest BCUT2D eigenvalue weighted by Gasteiger charge is -2.28. The van der Waals surface area contributed by atoms with E-state index in [-0.39, 0.29) is 0 Å². The monoisotopic (exact) mass is 221 g/mol. The Bertz CT molecular complexity index is 363. The summed E-state index contributed by atoms with van der Waals surface area (Å²) >= 11 is 0. The quantitative estimate of drug-likeness (QED) is 0.535. The van der Waals surface area contributed by atoms with Crippen molar-refractivity contribution in [1.29, 1.82) is 0 Å². The van der Waals surface area contributed by atoms with Crippen LogP contribution >= 0.6 is 0 Å². The molecule has 0 bridgehead atoms. The molecule has 1 aromatic heterocycles. The topological polar surface area (TPSA) is 75.9 Å². The van der Waals surface area contributed by atoms with Gasteiger partial charge >= 0.3 is 0 Å². The van der Waals surface area contributed by atoms with Gasteiger partial charge in [-0.05, 0) is 18.3 Å². The summed E-state index contributed by atoms with van der Waals surface area (Å²) in [5.41, 5.74) is 2.86. The van der Waals surface area contributed by atoms with Crippen LogP contribution in [0.15, 0.2) is 12.4 Å². The molecule has 1 aliphatic rings. The first-order valence-electron chi connectivity index (χ1n) is 5.67. The molecular weight excluding hydrogens is 202 g/mol.